The van der Waals surface area contributed by atoms with E-state index in [0.29, 0.717) is 0 Å². The lowest BCUT2D eigenvalue weighted by molar-refractivity contribution is -0.143. The van der Waals surface area contributed by atoms with Gasteiger partial charge >= 0.3 is 5.97 Å². The van der Waals surface area contributed by atoms with E-state index in [1.165, 1.54) is 6.92 Å². The molecule has 12 nitrogen and oxygen atoms in total. The van der Waals surface area contributed by atoms with Gasteiger partial charge in [-0.3, -0.25) is 19.2 Å². The Hall–Kier alpha value is -2.73. The molecule has 5 unspecified atom stereocenters. The lowest BCUT2D eigenvalue weighted by Gasteiger charge is -2.26. The van der Waals surface area contributed by atoms with Gasteiger partial charge in [0.25, 0.3) is 0 Å². The molecule has 5 atom stereocenters. The number of aliphatic hydroxyl groups excluding tert-OH is 1. The monoisotopic (exact) mass is 459 g/mol. The standard InChI is InChI=1S/C20H37N5O7/c1-9(2)6-12(17(28)25-14(20(31)32)7-10(3)4)23-18(29)13(8-15(21)27)24-19(30)16(22)11(5)26/h9-14,16,26H,6-8,22H2,1-5H3,(H2,21,27)(H,23,29)(H,24,30)(H,25,28)(H,31,32). The quantitative estimate of drug-likeness (QED) is 0.157. The first-order valence-corrected chi connectivity index (χ1v) is 10.5. The second-order valence-corrected chi connectivity index (χ2v) is 8.72. The van der Waals surface area contributed by atoms with E-state index in [4.69, 9.17) is 11.5 Å². The first-order chi connectivity index (χ1) is 14.6. The van der Waals surface area contributed by atoms with E-state index >= 15 is 0 Å². The SMILES string of the molecule is CC(C)CC(NC(=O)C(CC(C)C)NC(=O)C(CC(N)=O)NC(=O)C(N)C(C)O)C(=O)O. The van der Waals surface area contributed by atoms with Gasteiger partial charge in [0, 0.05) is 0 Å². The summed E-state index contributed by atoms with van der Waals surface area (Å²) in [6, 6.07) is -5.04. The Morgan fingerprint density at radius 2 is 1.16 bits per heavy atom. The molecular formula is C20H37N5O7. The van der Waals surface area contributed by atoms with Crippen molar-refractivity contribution in [1.82, 2.24) is 16.0 Å². The number of carboxylic acid groups (broad SMARTS) is 1. The number of nitrogens with two attached hydrogens (primary N) is 2. The summed E-state index contributed by atoms with van der Waals surface area (Å²) in [7, 11) is 0. The van der Waals surface area contributed by atoms with E-state index in [0.717, 1.165) is 0 Å². The van der Waals surface area contributed by atoms with Crippen molar-refractivity contribution in [3.8, 4) is 0 Å². The number of aliphatic hydroxyl groups is 1. The van der Waals surface area contributed by atoms with Gasteiger partial charge in [-0.1, -0.05) is 27.7 Å². The summed E-state index contributed by atoms with van der Waals surface area (Å²) in [5, 5.41) is 26.0. The van der Waals surface area contributed by atoms with Crippen molar-refractivity contribution in [3.05, 3.63) is 0 Å². The van der Waals surface area contributed by atoms with E-state index in [1.807, 2.05) is 13.8 Å². The number of carbonyl (C=O) groups is 5. The fraction of sp³-hybridized carbons (Fsp3) is 0.750. The number of carbonyl (C=O) groups excluding carboxylic acids is 4. The van der Waals surface area contributed by atoms with E-state index in [-0.39, 0.29) is 24.7 Å². The van der Waals surface area contributed by atoms with Crippen LogP contribution < -0.4 is 27.4 Å². The summed E-state index contributed by atoms with van der Waals surface area (Å²) in [4.78, 5) is 60.5. The van der Waals surface area contributed by atoms with Gasteiger partial charge in [-0.15, -0.1) is 0 Å². The highest BCUT2D eigenvalue weighted by atomic mass is 16.4. The molecular weight excluding hydrogens is 422 g/mol. The van der Waals surface area contributed by atoms with Crippen LogP contribution in [-0.2, 0) is 24.0 Å². The minimum atomic E-state index is -1.43. The highest BCUT2D eigenvalue weighted by Gasteiger charge is 2.32. The third kappa shape index (κ3) is 11.0. The minimum absolute atomic E-state index is 0.00262. The van der Waals surface area contributed by atoms with Crippen LogP contribution in [0.1, 0.15) is 53.9 Å². The van der Waals surface area contributed by atoms with Crippen LogP contribution in [-0.4, -0.2) is 70.1 Å². The second kappa shape index (κ2) is 13.6. The maximum absolute atomic E-state index is 12.8. The molecule has 0 aromatic heterocycles. The smallest absolute Gasteiger partial charge is 0.326 e. The number of rotatable bonds is 14. The van der Waals surface area contributed by atoms with Gasteiger partial charge < -0.3 is 37.6 Å². The van der Waals surface area contributed by atoms with Crippen molar-refractivity contribution < 1.29 is 34.2 Å². The first kappa shape index (κ1) is 29.3. The van der Waals surface area contributed by atoms with Gasteiger partial charge in [0.2, 0.25) is 23.6 Å². The largest absolute Gasteiger partial charge is 0.480 e. The molecule has 0 aromatic carbocycles. The van der Waals surface area contributed by atoms with Gasteiger partial charge in [-0.25, -0.2) is 4.79 Å². The van der Waals surface area contributed by atoms with Crippen LogP contribution in [0.4, 0.5) is 0 Å². The number of hydrogen-bond donors (Lipinski definition) is 7. The molecule has 4 amide bonds. The zero-order valence-corrected chi connectivity index (χ0v) is 19.3. The maximum Gasteiger partial charge on any atom is 0.326 e. The molecule has 0 saturated carbocycles. The lowest BCUT2D eigenvalue weighted by atomic mass is 10.00. The molecule has 0 rings (SSSR count). The van der Waals surface area contributed by atoms with Crippen molar-refractivity contribution in [2.75, 3.05) is 0 Å². The number of nitrogens with one attached hydrogen (secondary N) is 3. The van der Waals surface area contributed by atoms with Gasteiger partial charge in [0.15, 0.2) is 0 Å². The number of carboxylic acids is 1. The topological polar surface area (TPSA) is 214 Å². The first-order valence-electron chi connectivity index (χ1n) is 10.5. The molecule has 9 N–H and O–H groups in total. The van der Waals surface area contributed by atoms with E-state index in [1.54, 1.807) is 13.8 Å². The van der Waals surface area contributed by atoms with Gasteiger partial charge in [-0.05, 0) is 31.6 Å². The Balaban J connectivity index is 5.54. The molecule has 0 aromatic rings. The highest BCUT2D eigenvalue weighted by molar-refractivity contribution is 5.96. The van der Waals surface area contributed by atoms with Gasteiger partial charge in [-0.2, -0.15) is 0 Å². The number of amides is 4. The Labute approximate surface area is 187 Å². The molecule has 0 saturated heterocycles. The van der Waals surface area contributed by atoms with Crippen molar-refractivity contribution in [2.45, 2.75) is 84.2 Å². The van der Waals surface area contributed by atoms with Crippen LogP contribution in [0.15, 0.2) is 0 Å². The van der Waals surface area contributed by atoms with Gasteiger partial charge in [0.05, 0.1) is 12.5 Å². The van der Waals surface area contributed by atoms with Crippen LogP contribution in [0.2, 0.25) is 0 Å². The summed E-state index contributed by atoms with van der Waals surface area (Å²) < 4.78 is 0. The molecule has 184 valence electrons. The number of primary amides is 1. The molecule has 0 heterocycles. The van der Waals surface area contributed by atoms with Crippen molar-refractivity contribution in [1.29, 1.82) is 0 Å². The fourth-order valence-corrected chi connectivity index (χ4v) is 2.84. The fourth-order valence-electron chi connectivity index (χ4n) is 2.84. The molecule has 0 radical (unpaired) electrons. The van der Waals surface area contributed by atoms with Crippen LogP contribution in [0.5, 0.6) is 0 Å². The summed E-state index contributed by atoms with van der Waals surface area (Å²) in [5.41, 5.74) is 10.7. The summed E-state index contributed by atoms with van der Waals surface area (Å²) in [6.45, 7) is 8.51. The van der Waals surface area contributed by atoms with Gasteiger partial charge in [0.1, 0.15) is 24.2 Å². The normalized spacial score (nSPS) is 15.9. The second-order valence-electron chi connectivity index (χ2n) is 8.72. The molecule has 0 aliphatic carbocycles. The van der Waals surface area contributed by atoms with E-state index in [9.17, 15) is 34.2 Å². The zero-order chi connectivity index (χ0) is 25.2. The predicted octanol–water partition coefficient (Wildman–Crippen LogP) is -1.80. The summed E-state index contributed by atoms with van der Waals surface area (Å²) >= 11 is 0. The van der Waals surface area contributed by atoms with E-state index in [2.05, 4.69) is 16.0 Å². The van der Waals surface area contributed by atoms with Crippen molar-refractivity contribution in [3.63, 3.8) is 0 Å². The molecule has 0 aliphatic rings. The Kier molecular flexibility index (Phi) is 12.5. The third-order valence-electron chi connectivity index (χ3n) is 4.52. The van der Waals surface area contributed by atoms with Crippen molar-refractivity contribution >= 4 is 29.6 Å². The average molecular weight is 460 g/mol. The lowest BCUT2D eigenvalue weighted by Crippen LogP contribution is -2.59. The molecule has 0 fully saturated rings. The summed E-state index contributed by atoms with van der Waals surface area (Å²) in [5.74, 6) is -4.59. The summed E-state index contributed by atoms with van der Waals surface area (Å²) in [6.07, 6.45) is -1.40. The minimum Gasteiger partial charge on any atom is -0.480 e. The molecule has 0 aliphatic heterocycles. The predicted molar refractivity (Wildman–Crippen MR) is 116 cm³/mol. The molecule has 32 heavy (non-hydrogen) atoms. The average Bonchev–Trinajstić information content (AvgIpc) is 2.64. The molecule has 0 spiro atoms. The third-order valence-corrected chi connectivity index (χ3v) is 4.52. The Morgan fingerprint density at radius 3 is 1.56 bits per heavy atom. The zero-order valence-electron chi connectivity index (χ0n) is 19.3. The van der Waals surface area contributed by atoms with Crippen LogP contribution in [0, 0.1) is 11.8 Å². The van der Waals surface area contributed by atoms with Crippen LogP contribution in [0.25, 0.3) is 0 Å². The van der Waals surface area contributed by atoms with Crippen molar-refractivity contribution in [2.24, 2.45) is 23.3 Å². The Morgan fingerprint density at radius 1 is 0.750 bits per heavy atom. The molecule has 0 bridgehead atoms. The van der Waals surface area contributed by atoms with Crippen LogP contribution >= 0.6 is 0 Å². The maximum atomic E-state index is 12.8. The Bertz CT molecular complexity index is 681. The highest BCUT2D eigenvalue weighted by Crippen LogP contribution is 2.09. The number of aliphatic carboxylic acids is 1. The number of hydrogen-bond acceptors (Lipinski definition) is 7. The van der Waals surface area contributed by atoms with E-state index < -0.39 is 66.3 Å². The van der Waals surface area contributed by atoms with Crippen LogP contribution in [0.3, 0.4) is 0 Å². The molecule has 12 heteroatoms.